The number of fused-ring (bicyclic) bond motifs is 3. The Morgan fingerprint density at radius 3 is 2.62 bits per heavy atom. The number of ether oxygens (including phenoxy) is 1. The van der Waals surface area contributed by atoms with Crippen LogP contribution in [0.15, 0.2) is 42.5 Å². The Balaban J connectivity index is 1.57. The third kappa shape index (κ3) is 4.06. The minimum absolute atomic E-state index is 0.0967. The fourth-order valence-corrected chi connectivity index (χ4v) is 4.59. The first kappa shape index (κ1) is 22.5. The van der Waals surface area contributed by atoms with Crippen molar-refractivity contribution < 1.29 is 13.9 Å². The number of carbonyl (C=O) groups is 1. The largest absolute Gasteiger partial charge is 0.486 e. The van der Waals surface area contributed by atoms with Crippen molar-refractivity contribution in [3.05, 3.63) is 75.0 Å². The number of benzene rings is 3. The van der Waals surface area contributed by atoms with Crippen LogP contribution < -0.4 is 15.4 Å². The van der Waals surface area contributed by atoms with Gasteiger partial charge in [0.05, 0.1) is 38.0 Å². The third-order valence-corrected chi connectivity index (χ3v) is 6.27. The zero-order valence-corrected chi connectivity index (χ0v) is 20.2. The van der Waals surface area contributed by atoms with Gasteiger partial charge in [0.2, 0.25) is 5.95 Å². The molecule has 1 aliphatic rings. The van der Waals surface area contributed by atoms with Crippen molar-refractivity contribution in [2.24, 2.45) is 0 Å². The lowest BCUT2D eigenvalue weighted by molar-refractivity contribution is 0.101. The van der Waals surface area contributed by atoms with Gasteiger partial charge in [0.1, 0.15) is 17.2 Å². The van der Waals surface area contributed by atoms with Crippen LogP contribution in [0.5, 0.6) is 5.75 Å². The molecule has 0 unspecified atom stereocenters. The number of carbonyl (C=O) groups excluding carboxylic acids is 1. The van der Waals surface area contributed by atoms with Crippen molar-refractivity contribution >= 4 is 57.5 Å². The van der Waals surface area contributed by atoms with Crippen LogP contribution in [0.3, 0.4) is 0 Å². The Bertz CT molecular complexity index is 1450. The van der Waals surface area contributed by atoms with Crippen molar-refractivity contribution in [2.45, 2.75) is 32.8 Å². The van der Waals surface area contributed by atoms with Crippen LogP contribution in [0.25, 0.3) is 11.0 Å². The highest BCUT2D eigenvalue weighted by molar-refractivity contribution is 6.39. The van der Waals surface area contributed by atoms with Gasteiger partial charge < -0.3 is 20.4 Å². The van der Waals surface area contributed by atoms with E-state index in [-0.39, 0.29) is 11.3 Å². The molecule has 0 fully saturated rings. The van der Waals surface area contributed by atoms with Gasteiger partial charge in [-0.1, -0.05) is 35.3 Å². The topological polar surface area (TPSA) is 79.0 Å². The number of nitrogens with zero attached hydrogens (tertiary/aromatic N) is 1. The number of anilines is 3. The Labute approximate surface area is 205 Å². The monoisotopic (exact) mass is 498 g/mol. The van der Waals surface area contributed by atoms with E-state index in [9.17, 15) is 9.18 Å². The molecule has 1 amide bonds. The fraction of sp³-hybridized carbons (Fsp3) is 0.200. The van der Waals surface area contributed by atoms with E-state index < -0.39 is 17.3 Å². The van der Waals surface area contributed by atoms with E-state index in [1.807, 2.05) is 13.8 Å². The summed E-state index contributed by atoms with van der Waals surface area (Å²) in [5, 5.41) is 6.67. The second-order valence-electron chi connectivity index (χ2n) is 8.91. The summed E-state index contributed by atoms with van der Waals surface area (Å²) in [5.74, 6) is -0.118. The van der Waals surface area contributed by atoms with E-state index in [4.69, 9.17) is 27.9 Å². The Morgan fingerprint density at radius 2 is 1.91 bits per heavy atom. The molecule has 3 N–H and O–H groups in total. The maximum Gasteiger partial charge on any atom is 0.259 e. The Hall–Kier alpha value is -3.29. The molecule has 0 atom stereocenters. The van der Waals surface area contributed by atoms with Crippen LogP contribution in [0.1, 0.15) is 35.3 Å². The van der Waals surface area contributed by atoms with E-state index in [1.165, 1.54) is 12.1 Å². The number of aromatic nitrogens is 2. The molecule has 9 heteroatoms. The minimum atomic E-state index is -0.522. The lowest BCUT2D eigenvalue weighted by Gasteiger charge is -2.18. The van der Waals surface area contributed by atoms with E-state index in [0.717, 1.165) is 16.6 Å². The standard InChI is InChI=1S/C25H21Cl2FN4O2/c1-12-7-8-18(17(28)9-12)29-23(33)13-10-19-20(14-11-25(2,3)34-22(13)14)31-24(30-19)32-21-15(26)5-4-6-16(21)27/h4-10H,11H2,1-3H3,(H,29,33)(H2,30,31,32). The van der Waals surface area contributed by atoms with E-state index >= 15 is 0 Å². The second kappa shape index (κ2) is 8.18. The van der Waals surface area contributed by atoms with E-state index in [0.29, 0.717) is 39.4 Å². The zero-order valence-electron chi connectivity index (χ0n) is 18.6. The van der Waals surface area contributed by atoms with Gasteiger partial charge in [-0.25, -0.2) is 9.37 Å². The van der Waals surface area contributed by atoms with Crippen LogP contribution in [0.4, 0.5) is 21.7 Å². The molecular formula is C25H21Cl2FN4O2. The Kier molecular flexibility index (Phi) is 5.41. The number of nitrogens with one attached hydrogen (secondary N) is 3. The number of aromatic amines is 1. The quantitative estimate of drug-likeness (QED) is 0.282. The third-order valence-electron chi connectivity index (χ3n) is 5.64. The fourth-order valence-electron chi connectivity index (χ4n) is 4.10. The first-order valence-corrected chi connectivity index (χ1v) is 11.4. The number of halogens is 3. The summed E-state index contributed by atoms with van der Waals surface area (Å²) in [4.78, 5) is 21.1. The number of rotatable bonds is 4. The highest BCUT2D eigenvalue weighted by Crippen LogP contribution is 2.43. The first-order chi connectivity index (χ1) is 16.1. The molecular weight excluding hydrogens is 478 g/mol. The van der Waals surface area contributed by atoms with Gasteiger partial charge >= 0.3 is 0 Å². The summed E-state index contributed by atoms with van der Waals surface area (Å²) in [6.45, 7) is 5.67. The highest BCUT2D eigenvalue weighted by Gasteiger charge is 2.36. The molecule has 1 aromatic heterocycles. The van der Waals surface area contributed by atoms with Gasteiger partial charge in [-0.3, -0.25) is 4.79 Å². The van der Waals surface area contributed by atoms with E-state index in [1.54, 1.807) is 37.3 Å². The number of H-pyrrole nitrogens is 1. The average Bonchev–Trinajstić information content (AvgIpc) is 3.31. The molecule has 1 aliphatic heterocycles. The molecule has 4 aromatic rings. The highest BCUT2D eigenvalue weighted by atomic mass is 35.5. The number of imidazole rings is 1. The van der Waals surface area contributed by atoms with Gasteiger partial charge in [0, 0.05) is 12.0 Å². The van der Waals surface area contributed by atoms with Crippen molar-refractivity contribution in [2.75, 3.05) is 10.6 Å². The summed E-state index contributed by atoms with van der Waals surface area (Å²) in [6.07, 6.45) is 0.563. The number of aryl methyl sites for hydroxylation is 1. The minimum Gasteiger partial charge on any atom is -0.486 e. The van der Waals surface area contributed by atoms with Crippen LogP contribution in [-0.4, -0.2) is 21.5 Å². The van der Waals surface area contributed by atoms with Gasteiger partial charge in [-0.05, 0) is 56.7 Å². The number of hydrogen-bond donors (Lipinski definition) is 3. The predicted octanol–water partition coefficient (Wildman–Crippen LogP) is 7.03. The van der Waals surface area contributed by atoms with Gasteiger partial charge in [0.25, 0.3) is 5.91 Å². The summed E-state index contributed by atoms with van der Waals surface area (Å²) < 4.78 is 20.5. The summed E-state index contributed by atoms with van der Waals surface area (Å²) >= 11 is 12.6. The smallest absolute Gasteiger partial charge is 0.259 e. The predicted molar refractivity (Wildman–Crippen MR) is 133 cm³/mol. The van der Waals surface area contributed by atoms with Gasteiger partial charge in [-0.2, -0.15) is 0 Å². The van der Waals surface area contributed by atoms with Crippen LogP contribution in [0, 0.1) is 12.7 Å². The molecule has 34 heavy (non-hydrogen) atoms. The number of hydrogen-bond acceptors (Lipinski definition) is 4. The molecule has 174 valence electrons. The molecule has 3 aromatic carbocycles. The van der Waals surface area contributed by atoms with E-state index in [2.05, 4.69) is 20.6 Å². The SMILES string of the molecule is Cc1ccc(NC(=O)c2cc3nc(Nc4c(Cl)cccc4Cl)[nH]c3c3c2OC(C)(C)C3)c(F)c1. The molecule has 0 saturated carbocycles. The molecule has 0 radical (unpaired) electrons. The maximum absolute atomic E-state index is 14.4. The van der Waals surface area contributed by atoms with Crippen molar-refractivity contribution in [1.82, 2.24) is 9.97 Å². The number of para-hydroxylation sites is 1. The Morgan fingerprint density at radius 1 is 1.18 bits per heavy atom. The van der Waals surface area contributed by atoms with Crippen molar-refractivity contribution in [3.8, 4) is 5.75 Å². The van der Waals surface area contributed by atoms with Gasteiger partial charge in [-0.15, -0.1) is 0 Å². The molecule has 5 rings (SSSR count). The molecule has 2 heterocycles. The summed E-state index contributed by atoms with van der Waals surface area (Å²) in [5.41, 5.74) is 3.25. The molecule has 6 nitrogen and oxygen atoms in total. The first-order valence-electron chi connectivity index (χ1n) is 10.6. The van der Waals surface area contributed by atoms with Crippen LogP contribution in [-0.2, 0) is 6.42 Å². The maximum atomic E-state index is 14.4. The molecule has 0 saturated heterocycles. The summed E-state index contributed by atoms with van der Waals surface area (Å²) in [7, 11) is 0. The average molecular weight is 499 g/mol. The second-order valence-corrected chi connectivity index (χ2v) is 9.72. The normalized spacial score (nSPS) is 14.1. The summed E-state index contributed by atoms with van der Waals surface area (Å²) in [6, 6.07) is 11.5. The molecule has 0 spiro atoms. The zero-order chi connectivity index (χ0) is 24.2. The lowest BCUT2D eigenvalue weighted by Crippen LogP contribution is -2.25. The van der Waals surface area contributed by atoms with Crippen LogP contribution >= 0.6 is 23.2 Å². The van der Waals surface area contributed by atoms with Crippen LogP contribution in [0.2, 0.25) is 10.0 Å². The van der Waals surface area contributed by atoms with Crippen molar-refractivity contribution in [1.29, 1.82) is 0 Å². The molecule has 0 aliphatic carbocycles. The lowest BCUT2D eigenvalue weighted by atomic mass is 9.98. The number of amides is 1. The van der Waals surface area contributed by atoms with Gasteiger partial charge in [0.15, 0.2) is 0 Å². The van der Waals surface area contributed by atoms with Crippen molar-refractivity contribution in [3.63, 3.8) is 0 Å². The molecule has 0 bridgehead atoms.